The normalized spacial score (nSPS) is 21.6. The molecule has 1 saturated carbocycles. The first-order chi connectivity index (χ1) is 9.10. The molecule has 0 radical (unpaired) electrons. The Morgan fingerprint density at radius 3 is 2.53 bits per heavy atom. The van der Waals surface area contributed by atoms with Gasteiger partial charge in [0, 0.05) is 25.6 Å². The average Bonchev–Trinajstić information content (AvgIpc) is 2.41. The van der Waals surface area contributed by atoms with Gasteiger partial charge in [-0.05, 0) is 37.0 Å². The second-order valence-corrected chi connectivity index (χ2v) is 5.29. The standard InChI is InChI=1S/C15H22N2O2/c1-17(15(18)12-9-13(16)10-12)8-7-11-3-5-14(19-2)6-4-11/h3-6,12-13H,7-10,16H2,1-2H3. The SMILES string of the molecule is COc1ccc(CCN(C)C(=O)C2CC(N)C2)cc1. The molecule has 1 amide bonds. The topological polar surface area (TPSA) is 55.6 Å². The minimum atomic E-state index is 0.149. The number of ether oxygens (including phenoxy) is 1. The summed E-state index contributed by atoms with van der Waals surface area (Å²) in [6.45, 7) is 0.747. The van der Waals surface area contributed by atoms with E-state index in [4.69, 9.17) is 10.5 Å². The van der Waals surface area contributed by atoms with Crippen LogP contribution in [0.2, 0.25) is 0 Å². The van der Waals surface area contributed by atoms with Crippen LogP contribution in [0.5, 0.6) is 5.75 Å². The van der Waals surface area contributed by atoms with Gasteiger partial charge >= 0.3 is 0 Å². The van der Waals surface area contributed by atoms with Crippen LogP contribution in [-0.2, 0) is 11.2 Å². The molecule has 1 aliphatic rings. The third-order valence-corrected chi connectivity index (χ3v) is 3.79. The van der Waals surface area contributed by atoms with Crippen LogP contribution >= 0.6 is 0 Å². The van der Waals surface area contributed by atoms with Crippen molar-refractivity contribution in [1.29, 1.82) is 0 Å². The molecule has 0 saturated heterocycles. The fraction of sp³-hybridized carbons (Fsp3) is 0.533. The summed E-state index contributed by atoms with van der Waals surface area (Å²) < 4.78 is 5.12. The number of hydrogen-bond acceptors (Lipinski definition) is 3. The van der Waals surface area contributed by atoms with Gasteiger partial charge in [-0.25, -0.2) is 0 Å². The number of carbonyl (C=O) groups is 1. The third-order valence-electron chi connectivity index (χ3n) is 3.79. The smallest absolute Gasteiger partial charge is 0.225 e. The van der Waals surface area contributed by atoms with Crippen molar-refractivity contribution in [2.24, 2.45) is 11.7 Å². The first-order valence-electron chi connectivity index (χ1n) is 6.73. The zero-order chi connectivity index (χ0) is 13.8. The minimum absolute atomic E-state index is 0.149. The Labute approximate surface area is 114 Å². The van der Waals surface area contributed by atoms with E-state index in [0.717, 1.165) is 31.6 Å². The molecule has 0 aliphatic heterocycles. The Kier molecular flexibility index (Phi) is 4.43. The van der Waals surface area contributed by atoms with Gasteiger partial charge in [0.1, 0.15) is 5.75 Å². The van der Waals surface area contributed by atoms with Gasteiger partial charge in [-0.15, -0.1) is 0 Å². The number of rotatable bonds is 5. The lowest BCUT2D eigenvalue weighted by molar-refractivity contribution is -0.137. The molecule has 0 bridgehead atoms. The van der Waals surface area contributed by atoms with E-state index in [2.05, 4.69) is 0 Å². The molecular weight excluding hydrogens is 240 g/mol. The van der Waals surface area contributed by atoms with Crippen molar-refractivity contribution in [3.63, 3.8) is 0 Å². The number of nitrogens with two attached hydrogens (primary N) is 1. The van der Waals surface area contributed by atoms with E-state index >= 15 is 0 Å². The lowest BCUT2D eigenvalue weighted by Crippen LogP contribution is -2.46. The summed E-state index contributed by atoms with van der Waals surface area (Å²) in [5.74, 6) is 1.24. The van der Waals surface area contributed by atoms with E-state index in [1.807, 2.05) is 36.2 Å². The summed E-state index contributed by atoms with van der Waals surface area (Å²) in [6, 6.07) is 8.20. The van der Waals surface area contributed by atoms with Crippen molar-refractivity contribution < 1.29 is 9.53 Å². The van der Waals surface area contributed by atoms with Crippen LogP contribution in [0.1, 0.15) is 18.4 Å². The molecule has 19 heavy (non-hydrogen) atoms. The Balaban J connectivity index is 1.79. The first-order valence-corrected chi connectivity index (χ1v) is 6.73. The van der Waals surface area contributed by atoms with Gasteiger partial charge in [0.2, 0.25) is 5.91 Å². The maximum Gasteiger partial charge on any atom is 0.225 e. The van der Waals surface area contributed by atoms with Gasteiger partial charge in [-0.3, -0.25) is 4.79 Å². The van der Waals surface area contributed by atoms with Crippen molar-refractivity contribution in [2.75, 3.05) is 20.7 Å². The number of benzene rings is 1. The Hall–Kier alpha value is -1.55. The zero-order valence-corrected chi connectivity index (χ0v) is 11.6. The highest BCUT2D eigenvalue weighted by molar-refractivity contribution is 5.79. The molecule has 0 aromatic heterocycles. The second kappa shape index (κ2) is 6.06. The number of carbonyl (C=O) groups excluding carboxylic acids is 1. The fourth-order valence-electron chi connectivity index (χ4n) is 2.37. The maximum absolute atomic E-state index is 12.0. The monoisotopic (exact) mass is 262 g/mol. The summed E-state index contributed by atoms with van der Waals surface area (Å²) >= 11 is 0. The Morgan fingerprint density at radius 1 is 1.37 bits per heavy atom. The molecule has 4 heteroatoms. The highest BCUT2D eigenvalue weighted by atomic mass is 16.5. The van der Waals surface area contributed by atoms with Crippen molar-refractivity contribution in [2.45, 2.75) is 25.3 Å². The summed E-state index contributed by atoms with van der Waals surface area (Å²) in [4.78, 5) is 13.9. The summed E-state index contributed by atoms with van der Waals surface area (Å²) in [6.07, 6.45) is 2.54. The van der Waals surface area contributed by atoms with Gasteiger partial charge in [0.15, 0.2) is 0 Å². The third kappa shape index (κ3) is 3.47. The molecular formula is C15H22N2O2. The maximum atomic E-state index is 12.0. The second-order valence-electron chi connectivity index (χ2n) is 5.29. The molecule has 1 fully saturated rings. The van der Waals surface area contributed by atoms with E-state index < -0.39 is 0 Å². The van der Waals surface area contributed by atoms with Crippen LogP contribution in [0.25, 0.3) is 0 Å². The number of amides is 1. The fourth-order valence-corrected chi connectivity index (χ4v) is 2.37. The van der Waals surface area contributed by atoms with Crippen LogP contribution in [0.4, 0.5) is 0 Å². The van der Waals surface area contributed by atoms with Gasteiger partial charge in [-0.1, -0.05) is 12.1 Å². The van der Waals surface area contributed by atoms with Gasteiger partial charge in [0.05, 0.1) is 7.11 Å². The highest BCUT2D eigenvalue weighted by Gasteiger charge is 2.33. The van der Waals surface area contributed by atoms with Crippen molar-refractivity contribution in [1.82, 2.24) is 4.90 Å². The quantitative estimate of drug-likeness (QED) is 0.873. The molecule has 0 spiro atoms. The summed E-state index contributed by atoms with van der Waals surface area (Å²) in [5, 5.41) is 0. The molecule has 104 valence electrons. The van der Waals surface area contributed by atoms with E-state index in [9.17, 15) is 4.79 Å². The molecule has 2 N–H and O–H groups in total. The van der Waals surface area contributed by atoms with Crippen molar-refractivity contribution in [3.05, 3.63) is 29.8 Å². The molecule has 1 aromatic rings. The Bertz CT molecular complexity index is 424. The van der Waals surface area contributed by atoms with E-state index in [-0.39, 0.29) is 17.9 Å². The number of likely N-dealkylation sites (N-methyl/N-ethyl adjacent to an activating group) is 1. The molecule has 2 rings (SSSR count). The van der Waals surface area contributed by atoms with Gasteiger partial charge < -0.3 is 15.4 Å². The van der Waals surface area contributed by atoms with Crippen LogP contribution in [0.15, 0.2) is 24.3 Å². The summed E-state index contributed by atoms with van der Waals surface area (Å²) in [7, 11) is 3.53. The average molecular weight is 262 g/mol. The number of methoxy groups -OCH3 is 1. The highest BCUT2D eigenvalue weighted by Crippen LogP contribution is 2.27. The van der Waals surface area contributed by atoms with Crippen molar-refractivity contribution in [3.8, 4) is 5.75 Å². The van der Waals surface area contributed by atoms with Crippen LogP contribution in [0.3, 0.4) is 0 Å². The van der Waals surface area contributed by atoms with Crippen LogP contribution in [-0.4, -0.2) is 37.6 Å². The Morgan fingerprint density at radius 2 is 2.00 bits per heavy atom. The molecule has 4 nitrogen and oxygen atoms in total. The van der Waals surface area contributed by atoms with E-state index in [1.54, 1.807) is 7.11 Å². The molecule has 0 heterocycles. The van der Waals surface area contributed by atoms with E-state index in [0.29, 0.717) is 0 Å². The number of nitrogens with zero attached hydrogens (tertiary/aromatic N) is 1. The predicted molar refractivity (Wildman–Crippen MR) is 75.0 cm³/mol. The van der Waals surface area contributed by atoms with Crippen LogP contribution in [0, 0.1) is 5.92 Å². The largest absolute Gasteiger partial charge is 0.497 e. The van der Waals surface area contributed by atoms with Crippen LogP contribution < -0.4 is 10.5 Å². The van der Waals surface area contributed by atoms with Gasteiger partial charge in [0.25, 0.3) is 0 Å². The van der Waals surface area contributed by atoms with E-state index in [1.165, 1.54) is 5.56 Å². The lowest BCUT2D eigenvalue weighted by Gasteiger charge is -2.34. The predicted octanol–water partition coefficient (Wildman–Crippen LogP) is 1.43. The minimum Gasteiger partial charge on any atom is -0.497 e. The molecule has 1 aliphatic carbocycles. The zero-order valence-electron chi connectivity index (χ0n) is 11.6. The molecule has 0 atom stereocenters. The van der Waals surface area contributed by atoms with Gasteiger partial charge in [-0.2, -0.15) is 0 Å². The summed E-state index contributed by atoms with van der Waals surface area (Å²) in [5.41, 5.74) is 6.93. The number of hydrogen-bond donors (Lipinski definition) is 1. The lowest BCUT2D eigenvalue weighted by atomic mass is 9.80. The molecule has 1 aromatic carbocycles. The first kappa shape index (κ1) is 13.9. The van der Waals surface area contributed by atoms with Crippen molar-refractivity contribution >= 4 is 5.91 Å². The molecule has 0 unspecified atom stereocenters.